The van der Waals surface area contributed by atoms with Crippen molar-refractivity contribution in [3.8, 4) is 5.75 Å². The summed E-state index contributed by atoms with van der Waals surface area (Å²) in [6.45, 7) is -2.26. The monoisotopic (exact) mass is 385 g/mol. The molecule has 1 saturated carbocycles. The third-order valence-electron chi connectivity index (χ3n) is 4.41. The van der Waals surface area contributed by atoms with Crippen LogP contribution >= 0.6 is 0 Å². The Morgan fingerprint density at radius 3 is 2.41 bits per heavy atom. The molecule has 0 aliphatic heterocycles. The summed E-state index contributed by atoms with van der Waals surface area (Å²) in [5.41, 5.74) is -5.03. The van der Waals surface area contributed by atoms with Gasteiger partial charge < -0.3 is 19.9 Å². The Balaban J connectivity index is 2.45. The van der Waals surface area contributed by atoms with Gasteiger partial charge in [-0.2, -0.15) is 0 Å². The van der Waals surface area contributed by atoms with Crippen molar-refractivity contribution in [2.24, 2.45) is 5.41 Å². The van der Waals surface area contributed by atoms with Crippen LogP contribution in [0.3, 0.4) is 0 Å². The molecule has 1 aromatic rings. The van der Waals surface area contributed by atoms with Gasteiger partial charge in [0.05, 0.1) is 20.9 Å². The normalized spacial score (nSPS) is 23.9. The Morgan fingerprint density at radius 2 is 1.89 bits per heavy atom. The second-order valence-electron chi connectivity index (χ2n) is 8.39. The van der Waals surface area contributed by atoms with Gasteiger partial charge in [0.1, 0.15) is 11.4 Å². The minimum Gasteiger partial charge on any atom is -0.493 e. The Kier molecular flexibility index (Phi) is 3.79. The molecule has 2 rings (SSSR count). The summed E-state index contributed by atoms with van der Waals surface area (Å²) >= 11 is 0. The number of nitrogens with one attached hydrogen (secondary N) is 1. The zero-order valence-electron chi connectivity index (χ0n) is 24.4. The maximum atomic E-state index is 12.5. The predicted molar refractivity (Wildman–Crippen MR) is 107 cm³/mol. The van der Waals surface area contributed by atoms with Gasteiger partial charge in [0, 0.05) is 13.6 Å². The molecule has 0 radical (unpaired) electrons. The van der Waals surface area contributed by atoms with Crippen LogP contribution in [-0.4, -0.2) is 29.0 Å². The summed E-state index contributed by atoms with van der Waals surface area (Å²) in [6, 6.07) is 3.35. The van der Waals surface area contributed by atoms with Gasteiger partial charge in [-0.25, -0.2) is 4.79 Å². The van der Waals surface area contributed by atoms with Crippen molar-refractivity contribution in [1.29, 1.82) is 0 Å². The fourth-order valence-corrected chi connectivity index (χ4v) is 3.02. The molecule has 1 aliphatic carbocycles. The first-order valence-electron chi connectivity index (χ1n) is 13.1. The first kappa shape index (κ1) is 12.7. The number of carbonyl (C=O) groups is 1. The second kappa shape index (κ2) is 8.09. The van der Waals surface area contributed by atoms with Crippen molar-refractivity contribution >= 4 is 6.09 Å². The molecule has 1 fully saturated rings. The van der Waals surface area contributed by atoms with E-state index in [1.54, 1.807) is 20.8 Å². The summed E-state index contributed by atoms with van der Waals surface area (Å²) in [4.78, 5) is 12.5. The number of amides is 1. The molecule has 5 nitrogen and oxygen atoms in total. The predicted octanol–water partition coefficient (Wildman–Crippen LogP) is 4.98. The van der Waals surface area contributed by atoms with E-state index >= 15 is 0 Å². The average molecular weight is 386 g/mol. The van der Waals surface area contributed by atoms with Crippen LogP contribution in [0.25, 0.3) is 0 Å². The molecule has 0 saturated heterocycles. The van der Waals surface area contributed by atoms with Crippen LogP contribution in [0.5, 0.6) is 5.75 Å². The largest absolute Gasteiger partial charge is 0.493 e. The van der Waals surface area contributed by atoms with Crippen LogP contribution in [-0.2, 0) is 4.74 Å². The van der Waals surface area contributed by atoms with Crippen molar-refractivity contribution in [3.63, 3.8) is 0 Å². The van der Waals surface area contributed by atoms with Crippen LogP contribution in [0.2, 0.25) is 0 Å². The van der Waals surface area contributed by atoms with E-state index in [4.69, 9.17) is 20.4 Å². The summed E-state index contributed by atoms with van der Waals surface area (Å²) in [5, 5.41) is 13.3. The number of hydrogen-bond acceptors (Lipinski definition) is 4. The molecule has 27 heavy (non-hydrogen) atoms. The molecule has 5 heteroatoms. The quantitative estimate of drug-likeness (QED) is 0.724. The minimum atomic E-state index is -3.42. The van der Waals surface area contributed by atoms with Gasteiger partial charge in [0.15, 0.2) is 0 Å². The number of hydrogen-bond donors (Lipinski definition) is 2. The van der Waals surface area contributed by atoms with Gasteiger partial charge in [-0.05, 0) is 65.0 Å². The van der Waals surface area contributed by atoms with E-state index in [1.807, 2.05) is 6.92 Å². The Hall–Kier alpha value is -1.75. The lowest BCUT2D eigenvalue weighted by molar-refractivity contribution is 0.0163. The molecule has 0 aromatic heterocycles. The molecule has 152 valence electrons. The van der Waals surface area contributed by atoms with Crippen molar-refractivity contribution in [2.45, 2.75) is 84.3 Å². The molecular formula is C22H35NO4. The maximum Gasteiger partial charge on any atom is 0.408 e. The first-order valence-corrected chi connectivity index (χ1v) is 9.14. The zero-order chi connectivity index (χ0) is 27.1. The van der Waals surface area contributed by atoms with Crippen molar-refractivity contribution < 1.29 is 30.3 Å². The lowest BCUT2D eigenvalue weighted by atomic mass is 9.90. The van der Waals surface area contributed by atoms with Gasteiger partial charge in [0.2, 0.25) is 0 Å². The summed E-state index contributed by atoms with van der Waals surface area (Å²) in [5.74, 6) is 0.134. The topological polar surface area (TPSA) is 67.8 Å². The Morgan fingerprint density at radius 1 is 1.30 bits per heavy atom. The highest BCUT2D eigenvalue weighted by molar-refractivity contribution is 5.68. The molecule has 1 amide bonds. The molecule has 0 spiro atoms. The molecule has 1 unspecified atom stereocenters. The lowest BCUT2D eigenvalue weighted by Gasteiger charge is -2.31. The van der Waals surface area contributed by atoms with E-state index in [9.17, 15) is 9.90 Å². The number of benzene rings is 1. The summed E-state index contributed by atoms with van der Waals surface area (Å²) < 4.78 is 74.3. The molecule has 2 N–H and O–H groups in total. The maximum absolute atomic E-state index is 12.5. The molecule has 1 aliphatic rings. The van der Waals surface area contributed by atoms with Gasteiger partial charge in [-0.1, -0.05) is 31.9 Å². The molecule has 0 heterocycles. The average Bonchev–Trinajstić information content (AvgIpc) is 3.11. The standard InChI is InChI=1S/C22H35NO4/c1-20(2,3)27-19(24)23-18(21(4,5)25)16-9-11-17(12-10-16)26-15-22(6)13-7-8-14-22/h9-12,18,25H,7-8,13-15H2,1-6H3,(H,23,24)/i4D3,5D3,15D2. The smallest absolute Gasteiger partial charge is 0.408 e. The number of aliphatic hydroxyl groups is 1. The SMILES string of the molecule is [2H]C([2H])([2H])C(O)(C(NC(=O)OC(C)(C)C)c1ccc(OC([2H])([2H])C2(C)CCCC2)cc1)C([2H])([2H])[2H]. The summed E-state index contributed by atoms with van der Waals surface area (Å²) in [7, 11) is 0. The van der Waals surface area contributed by atoms with Crippen LogP contribution in [0.4, 0.5) is 4.79 Å². The molecule has 1 atom stereocenters. The number of rotatable bonds is 6. The molecule has 0 bridgehead atoms. The fourth-order valence-electron chi connectivity index (χ4n) is 3.02. The van der Waals surface area contributed by atoms with Gasteiger partial charge in [-0.15, -0.1) is 0 Å². The van der Waals surface area contributed by atoms with Crippen molar-refractivity contribution in [1.82, 2.24) is 5.32 Å². The number of ether oxygens (including phenoxy) is 2. The highest BCUT2D eigenvalue weighted by Crippen LogP contribution is 2.38. The van der Waals surface area contributed by atoms with Crippen LogP contribution in [0.15, 0.2) is 24.3 Å². The third-order valence-corrected chi connectivity index (χ3v) is 4.41. The van der Waals surface area contributed by atoms with Crippen LogP contribution < -0.4 is 10.1 Å². The zero-order valence-corrected chi connectivity index (χ0v) is 16.4. The van der Waals surface area contributed by atoms with E-state index in [1.165, 1.54) is 24.3 Å². The highest BCUT2D eigenvalue weighted by atomic mass is 16.6. The number of alkyl carbamates (subject to hydrolysis) is 1. The lowest BCUT2D eigenvalue weighted by Crippen LogP contribution is -2.44. The van der Waals surface area contributed by atoms with Crippen LogP contribution in [0, 0.1) is 5.41 Å². The Labute approximate surface area is 174 Å². The first-order chi connectivity index (χ1) is 15.6. The van der Waals surface area contributed by atoms with E-state index in [0.717, 1.165) is 12.8 Å². The van der Waals surface area contributed by atoms with Crippen molar-refractivity contribution in [2.75, 3.05) is 6.56 Å². The Bertz CT molecular complexity index is 871. The van der Waals surface area contributed by atoms with E-state index < -0.39 is 49.0 Å². The van der Waals surface area contributed by atoms with Crippen LogP contribution in [0.1, 0.15) is 89.7 Å². The number of carbonyl (C=O) groups excluding carboxylic acids is 1. The highest BCUT2D eigenvalue weighted by Gasteiger charge is 2.32. The van der Waals surface area contributed by atoms with E-state index in [2.05, 4.69) is 5.32 Å². The molecule has 1 aromatic carbocycles. The summed E-state index contributed by atoms with van der Waals surface area (Å²) in [6.07, 6.45) is 2.03. The minimum absolute atomic E-state index is 0.0365. The third kappa shape index (κ3) is 6.73. The van der Waals surface area contributed by atoms with Gasteiger partial charge >= 0.3 is 6.09 Å². The van der Waals surface area contributed by atoms with E-state index in [0.29, 0.717) is 12.8 Å². The second-order valence-corrected chi connectivity index (χ2v) is 8.39. The van der Waals surface area contributed by atoms with Crippen molar-refractivity contribution in [3.05, 3.63) is 29.8 Å². The van der Waals surface area contributed by atoms with E-state index in [-0.39, 0.29) is 11.3 Å². The fraction of sp³-hybridized carbons (Fsp3) is 0.682. The van der Waals surface area contributed by atoms with Gasteiger partial charge in [0.25, 0.3) is 0 Å². The molecular weight excluding hydrogens is 342 g/mol. The van der Waals surface area contributed by atoms with Gasteiger partial charge in [-0.3, -0.25) is 0 Å².